The summed E-state index contributed by atoms with van der Waals surface area (Å²) in [5.41, 5.74) is 2.57. The molecule has 0 heterocycles. The van der Waals surface area contributed by atoms with E-state index < -0.39 is 0 Å². The van der Waals surface area contributed by atoms with Gasteiger partial charge in [0.1, 0.15) is 0 Å². The molecule has 9 atom stereocenters. The van der Waals surface area contributed by atoms with Gasteiger partial charge in [-0.15, -0.1) is 0 Å². The van der Waals surface area contributed by atoms with E-state index in [0.717, 1.165) is 48.3 Å². The van der Waals surface area contributed by atoms with Crippen molar-refractivity contribution in [3.63, 3.8) is 0 Å². The Bertz CT molecular complexity index is 634. The second-order valence-corrected chi connectivity index (χ2v) is 12.9. The minimum atomic E-state index is -0.0952. The van der Waals surface area contributed by atoms with Crippen molar-refractivity contribution in [2.45, 2.75) is 118 Å². The maximum absolute atomic E-state index is 10.5. The minimum absolute atomic E-state index is 0.0952. The van der Waals surface area contributed by atoms with Crippen molar-refractivity contribution in [3.8, 4) is 0 Å². The Morgan fingerprint density at radius 1 is 1.07 bits per heavy atom. The van der Waals surface area contributed by atoms with Gasteiger partial charge in [-0.2, -0.15) is 0 Å². The first-order valence-electron chi connectivity index (χ1n) is 13.6. The normalized spacial score (nSPS) is 46.7. The molecule has 1 nitrogen and oxygen atoms in total. The zero-order valence-corrected chi connectivity index (χ0v) is 20.9. The van der Waals surface area contributed by atoms with E-state index in [1.54, 1.807) is 5.57 Å². The molecule has 172 valence electrons. The summed E-state index contributed by atoms with van der Waals surface area (Å²) in [5, 5.41) is 10.5. The maximum Gasteiger partial charge on any atom is 0.0580 e. The molecule has 0 saturated heterocycles. The summed E-state index contributed by atoms with van der Waals surface area (Å²) in [6, 6.07) is 0. The van der Waals surface area contributed by atoms with E-state index in [1.165, 1.54) is 57.8 Å². The Kier molecular flexibility index (Phi) is 6.53. The molecule has 0 aromatic heterocycles. The van der Waals surface area contributed by atoms with Gasteiger partial charge >= 0.3 is 0 Å². The second kappa shape index (κ2) is 8.57. The summed E-state index contributed by atoms with van der Waals surface area (Å²) in [7, 11) is 0. The third kappa shape index (κ3) is 3.64. The minimum Gasteiger partial charge on any atom is -0.393 e. The van der Waals surface area contributed by atoms with E-state index in [9.17, 15) is 5.11 Å². The van der Waals surface area contributed by atoms with E-state index in [2.05, 4.69) is 47.6 Å². The zero-order valence-electron chi connectivity index (χ0n) is 20.9. The molecule has 4 aliphatic carbocycles. The van der Waals surface area contributed by atoms with Crippen molar-refractivity contribution in [2.75, 3.05) is 0 Å². The van der Waals surface area contributed by atoms with Crippen LogP contribution in [-0.2, 0) is 0 Å². The van der Waals surface area contributed by atoms with Gasteiger partial charge in [-0.1, -0.05) is 78.9 Å². The molecule has 0 amide bonds. The van der Waals surface area contributed by atoms with Crippen molar-refractivity contribution >= 4 is 0 Å². The number of aliphatic hydroxyl groups excluding tert-OH is 1. The SMILES string of the molecule is CCC1C[C@H](O)CC2=CC[C@H]3[C@@H]4CC[C@H]([C@H](C)CCCC(C)C)[C@@]4(C)CC[C@@H]3[C@]21C. The highest BCUT2D eigenvalue weighted by molar-refractivity contribution is 5.27. The van der Waals surface area contributed by atoms with E-state index in [0.29, 0.717) is 16.7 Å². The lowest BCUT2D eigenvalue weighted by Gasteiger charge is -2.60. The molecule has 0 spiro atoms. The van der Waals surface area contributed by atoms with Gasteiger partial charge in [0.2, 0.25) is 0 Å². The van der Waals surface area contributed by atoms with Gasteiger partial charge in [-0.05, 0) is 97.2 Å². The summed E-state index contributed by atoms with van der Waals surface area (Å²) in [4.78, 5) is 0. The summed E-state index contributed by atoms with van der Waals surface area (Å²) < 4.78 is 0. The van der Waals surface area contributed by atoms with Gasteiger partial charge in [0, 0.05) is 0 Å². The van der Waals surface area contributed by atoms with Crippen molar-refractivity contribution in [1.29, 1.82) is 0 Å². The molecule has 1 heteroatoms. The quantitative estimate of drug-likeness (QED) is 0.436. The smallest absolute Gasteiger partial charge is 0.0580 e. The van der Waals surface area contributed by atoms with Crippen LogP contribution in [-0.4, -0.2) is 11.2 Å². The van der Waals surface area contributed by atoms with E-state index in [1.807, 2.05) is 0 Å². The molecule has 1 N–H and O–H groups in total. The number of hydrogen-bond acceptors (Lipinski definition) is 1. The molecule has 30 heavy (non-hydrogen) atoms. The molecular weight excluding hydrogens is 364 g/mol. The molecule has 1 unspecified atom stereocenters. The summed E-state index contributed by atoms with van der Waals surface area (Å²) in [6.45, 7) is 15.0. The lowest BCUT2D eigenvalue weighted by molar-refractivity contribution is -0.0798. The number of hydrogen-bond donors (Lipinski definition) is 1. The largest absolute Gasteiger partial charge is 0.393 e. The van der Waals surface area contributed by atoms with Gasteiger partial charge in [-0.25, -0.2) is 0 Å². The van der Waals surface area contributed by atoms with Gasteiger partial charge in [0.05, 0.1) is 6.10 Å². The summed E-state index contributed by atoms with van der Waals surface area (Å²) in [6.07, 6.45) is 17.2. The maximum atomic E-state index is 10.5. The van der Waals surface area contributed by atoms with Gasteiger partial charge in [0.15, 0.2) is 0 Å². The van der Waals surface area contributed by atoms with Gasteiger partial charge < -0.3 is 5.11 Å². The van der Waals surface area contributed by atoms with Crippen molar-refractivity contribution in [2.24, 2.45) is 52.3 Å². The number of allylic oxidation sites excluding steroid dienone is 1. The van der Waals surface area contributed by atoms with Crippen LogP contribution in [0.15, 0.2) is 11.6 Å². The molecule has 0 aromatic carbocycles. The molecule has 0 aromatic rings. The van der Waals surface area contributed by atoms with E-state index in [4.69, 9.17) is 0 Å². The lowest BCUT2D eigenvalue weighted by atomic mass is 9.44. The number of aliphatic hydroxyl groups is 1. The highest BCUT2D eigenvalue weighted by Gasteiger charge is 2.60. The fraction of sp³-hybridized carbons (Fsp3) is 0.931. The predicted molar refractivity (Wildman–Crippen MR) is 128 cm³/mol. The standard InChI is InChI=1S/C29H50O/c1-7-21-17-23(30)18-22-11-12-24-26-14-13-25(20(4)10-8-9-19(2)3)28(26,5)16-15-27(24)29(21,22)6/h11,19-21,23-27,30H,7-10,12-18H2,1-6H3/t20-,21?,23+,24+,25-,26+,27+,28-,29+/m1/s1. The molecule has 4 rings (SSSR count). The third-order valence-electron chi connectivity index (χ3n) is 11.1. The Balaban J connectivity index is 1.53. The molecule has 3 saturated carbocycles. The van der Waals surface area contributed by atoms with Crippen LogP contribution in [0.2, 0.25) is 0 Å². The third-order valence-corrected chi connectivity index (χ3v) is 11.1. The first-order valence-corrected chi connectivity index (χ1v) is 13.6. The van der Waals surface area contributed by atoms with Crippen molar-refractivity contribution in [3.05, 3.63) is 11.6 Å². The van der Waals surface area contributed by atoms with Crippen molar-refractivity contribution < 1.29 is 5.11 Å². The Hall–Kier alpha value is -0.300. The van der Waals surface area contributed by atoms with Crippen LogP contribution in [0.4, 0.5) is 0 Å². The Labute approximate surface area is 187 Å². The van der Waals surface area contributed by atoms with Crippen LogP contribution in [0.25, 0.3) is 0 Å². The van der Waals surface area contributed by atoms with Crippen molar-refractivity contribution in [1.82, 2.24) is 0 Å². The first kappa shape index (κ1) is 22.9. The fourth-order valence-corrected chi connectivity index (χ4v) is 9.49. The average Bonchev–Trinajstić information content (AvgIpc) is 3.05. The van der Waals surface area contributed by atoms with Crippen LogP contribution in [0.5, 0.6) is 0 Å². The van der Waals surface area contributed by atoms with Crippen LogP contribution >= 0.6 is 0 Å². The average molecular weight is 415 g/mol. The molecule has 3 fully saturated rings. The molecular formula is C29H50O. The van der Waals surface area contributed by atoms with Crippen LogP contribution < -0.4 is 0 Å². The number of fused-ring (bicyclic) bond motifs is 5. The highest BCUT2D eigenvalue weighted by Crippen LogP contribution is 2.68. The summed E-state index contributed by atoms with van der Waals surface area (Å²) >= 11 is 0. The predicted octanol–water partition coefficient (Wildman–Crippen LogP) is 8.02. The highest BCUT2D eigenvalue weighted by atomic mass is 16.3. The molecule has 0 radical (unpaired) electrons. The van der Waals surface area contributed by atoms with Crippen LogP contribution in [0.3, 0.4) is 0 Å². The Morgan fingerprint density at radius 3 is 2.53 bits per heavy atom. The van der Waals surface area contributed by atoms with Crippen LogP contribution in [0.1, 0.15) is 112 Å². The fourth-order valence-electron chi connectivity index (χ4n) is 9.49. The monoisotopic (exact) mass is 414 g/mol. The molecule has 0 aliphatic heterocycles. The Morgan fingerprint density at radius 2 is 1.83 bits per heavy atom. The van der Waals surface area contributed by atoms with E-state index >= 15 is 0 Å². The first-order chi connectivity index (χ1) is 14.2. The zero-order chi connectivity index (χ0) is 21.7. The number of rotatable bonds is 6. The van der Waals surface area contributed by atoms with Gasteiger partial charge in [-0.3, -0.25) is 0 Å². The molecule has 4 aliphatic rings. The lowest BCUT2D eigenvalue weighted by Crippen LogP contribution is -2.53. The molecule has 0 bridgehead atoms. The summed E-state index contributed by atoms with van der Waals surface area (Å²) in [5.74, 6) is 6.07. The van der Waals surface area contributed by atoms with Crippen LogP contribution in [0, 0.1) is 52.3 Å². The second-order valence-electron chi connectivity index (χ2n) is 12.9. The van der Waals surface area contributed by atoms with E-state index in [-0.39, 0.29) is 6.10 Å². The van der Waals surface area contributed by atoms with Gasteiger partial charge in [0.25, 0.3) is 0 Å². The topological polar surface area (TPSA) is 20.2 Å².